The molecule has 0 fully saturated rings. The van der Waals surface area contributed by atoms with Crippen LogP contribution in [0.25, 0.3) is 0 Å². The summed E-state index contributed by atoms with van der Waals surface area (Å²) in [5, 5.41) is 3.20. The maximum absolute atomic E-state index is 13.6. The monoisotopic (exact) mass is 528 g/mol. The van der Waals surface area contributed by atoms with Crippen molar-refractivity contribution in [3.05, 3.63) is 70.6 Å². The number of esters is 1. The average molecular weight is 529 g/mol. The van der Waals surface area contributed by atoms with Gasteiger partial charge in [0.2, 0.25) is 5.91 Å². The fourth-order valence-electron chi connectivity index (χ4n) is 4.17. The van der Waals surface area contributed by atoms with Crippen LogP contribution in [0.1, 0.15) is 40.6 Å². The SMILES string of the molecule is CCOC(=O)c1c(NC(=O)CN(c2cccc(OC)c2)S(=O)(=O)c2ccccc2)sc2c1CCCC2. The third kappa shape index (κ3) is 5.39. The minimum atomic E-state index is -4.08. The van der Waals surface area contributed by atoms with Crippen molar-refractivity contribution >= 4 is 43.9 Å². The molecule has 1 aromatic heterocycles. The van der Waals surface area contributed by atoms with Gasteiger partial charge in [-0.2, -0.15) is 0 Å². The van der Waals surface area contributed by atoms with Crippen LogP contribution in [0.3, 0.4) is 0 Å². The van der Waals surface area contributed by atoms with Gasteiger partial charge in [0, 0.05) is 10.9 Å². The highest BCUT2D eigenvalue weighted by atomic mass is 32.2. The summed E-state index contributed by atoms with van der Waals surface area (Å²) in [6, 6.07) is 14.4. The minimum absolute atomic E-state index is 0.0550. The number of hydrogen-bond donors (Lipinski definition) is 1. The molecule has 10 heteroatoms. The van der Waals surface area contributed by atoms with E-state index in [0.29, 0.717) is 16.3 Å². The van der Waals surface area contributed by atoms with Crippen LogP contribution >= 0.6 is 11.3 Å². The lowest BCUT2D eigenvalue weighted by Gasteiger charge is -2.24. The van der Waals surface area contributed by atoms with E-state index in [9.17, 15) is 18.0 Å². The number of aryl methyl sites for hydroxylation is 1. The fraction of sp³-hybridized carbons (Fsp3) is 0.308. The lowest BCUT2D eigenvalue weighted by Crippen LogP contribution is -2.38. The number of anilines is 2. The van der Waals surface area contributed by atoms with Gasteiger partial charge in [-0.3, -0.25) is 9.10 Å². The first-order chi connectivity index (χ1) is 17.3. The fourth-order valence-corrected chi connectivity index (χ4v) is 6.90. The number of carbonyl (C=O) groups is 2. The quantitative estimate of drug-likeness (QED) is 0.406. The third-order valence-electron chi connectivity index (χ3n) is 5.86. The van der Waals surface area contributed by atoms with Gasteiger partial charge in [0.15, 0.2) is 0 Å². The molecule has 2 aromatic carbocycles. The second-order valence-electron chi connectivity index (χ2n) is 8.21. The molecule has 3 aromatic rings. The predicted octanol–water partition coefficient (Wildman–Crippen LogP) is 4.65. The van der Waals surface area contributed by atoms with Crippen molar-refractivity contribution in [3.63, 3.8) is 0 Å². The largest absolute Gasteiger partial charge is 0.497 e. The van der Waals surface area contributed by atoms with Gasteiger partial charge < -0.3 is 14.8 Å². The molecule has 8 nitrogen and oxygen atoms in total. The normalized spacial score (nSPS) is 12.9. The second kappa shape index (κ2) is 11.1. The lowest BCUT2D eigenvalue weighted by atomic mass is 9.95. The summed E-state index contributed by atoms with van der Waals surface area (Å²) in [5.41, 5.74) is 1.58. The van der Waals surface area contributed by atoms with Crippen molar-refractivity contribution in [1.29, 1.82) is 0 Å². The zero-order valence-corrected chi connectivity index (χ0v) is 21.8. The van der Waals surface area contributed by atoms with Crippen molar-refractivity contribution in [2.45, 2.75) is 37.5 Å². The Labute approximate surface area is 214 Å². The molecule has 0 radical (unpaired) electrons. The van der Waals surface area contributed by atoms with E-state index in [1.54, 1.807) is 49.4 Å². The Balaban J connectivity index is 1.68. The maximum Gasteiger partial charge on any atom is 0.341 e. The van der Waals surface area contributed by atoms with Crippen LogP contribution in [-0.4, -0.2) is 40.6 Å². The van der Waals surface area contributed by atoms with Gasteiger partial charge in [0.25, 0.3) is 10.0 Å². The molecule has 0 saturated heterocycles. The standard InChI is InChI=1S/C26H28N2O6S2/c1-3-34-26(30)24-21-14-7-8-15-22(21)35-25(24)27-23(29)17-28(18-10-9-11-19(16-18)33-2)36(31,32)20-12-5-4-6-13-20/h4-6,9-13,16H,3,7-8,14-15,17H2,1-2H3,(H,27,29). The average Bonchev–Trinajstić information content (AvgIpc) is 3.25. The number of benzene rings is 2. The van der Waals surface area contributed by atoms with E-state index in [0.717, 1.165) is 40.4 Å². The molecular weight excluding hydrogens is 500 g/mol. The summed E-state index contributed by atoms with van der Waals surface area (Å²) in [6.07, 6.45) is 3.55. The summed E-state index contributed by atoms with van der Waals surface area (Å²) in [7, 11) is -2.59. The Morgan fingerprint density at radius 2 is 1.81 bits per heavy atom. The molecule has 1 aliphatic carbocycles. The molecule has 0 spiro atoms. The van der Waals surface area contributed by atoms with Gasteiger partial charge in [-0.15, -0.1) is 11.3 Å². The highest BCUT2D eigenvalue weighted by Crippen LogP contribution is 2.38. The minimum Gasteiger partial charge on any atom is -0.497 e. The Bertz CT molecular complexity index is 1350. The number of sulfonamides is 1. The van der Waals surface area contributed by atoms with Crippen molar-refractivity contribution < 1.29 is 27.5 Å². The van der Waals surface area contributed by atoms with E-state index in [1.165, 1.54) is 30.6 Å². The maximum atomic E-state index is 13.6. The van der Waals surface area contributed by atoms with E-state index in [2.05, 4.69) is 5.32 Å². The molecule has 0 saturated carbocycles. The van der Waals surface area contributed by atoms with Gasteiger partial charge in [0.05, 0.1) is 29.9 Å². The predicted molar refractivity (Wildman–Crippen MR) is 140 cm³/mol. The van der Waals surface area contributed by atoms with E-state index in [1.807, 2.05) is 0 Å². The molecule has 1 N–H and O–H groups in total. The van der Waals surface area contributed by atoms with Crippen LogP contribution in [0, 0.1) is 0 Å². The van der Waals surface area contributed by atoms with E-state index >= 15 is 0 Å². The highest BCUT2D eigenvalue weighted by molar-refractivity contribution is 7.92. The van der Waals surface area contributed by atoms with Gasteiger partial charge in [-0.25, -0.2) is 13.2 Å². The van der Waals surface area contributed by atoms with E-state index in [-0.39, 0.29) is 17.2 Å². The Hall–Kier alpha value is -3.37. The van der Waals surface area contributed by atoms with Crippen molar-refractivity contribution in [2.24, 2.45) is 0 Å². The van der Waals surface area contributed by atoms with E-state index in [4.69, 9.17) is 9.47 Å². The summed E-state index contributed by atoms with van der Waals surface area (Å²) < 4.78 is 38.7. The Morgan fingerprint density at radius 1 is 1.06 bits per heavy atom. The van der Waals surface area contributed by atoms with Gasteiger partial charge in [-0.05, 0) is 62.4 Å². The third-order valence-corrected chi connectivity index (χ3v) is 8.86. The number of carbonyl (C=O) groups excluding carboxylic acids is 2. The summed E-state index contributed by atoms with van der Waals surface area (Å²) in [6.45, 7) is 1.46. The van der Waals surface area contributed by atoms with Gasteiger partial charge in [-0.1, -0.05) is 24.3 Å². The van der Waals surface area contributed by atoms with Crippen LogP contribution < -0.4 is 14.4 Å². The number of ether oxygens (including phenoxy) is 2. The van der Waals surface area contributed by atoms with Crippen molar-refractivity contribution in [1.82, 2.24) is 0 Å². The van der Waals surface area contributed by atoms with Gasteiger partial charge in [0.1, 0.15) is 17.3 Å². The summed E-state index contributed by atoms with van der Waals surface area (Å²) >= 11 is 1.36. The highest BCUT2D eigenvalue weighted by Gasteiger charge is 2.30. The first-order valence-corrected chi connectivity index (χ1v) is 13.9. The number of fused-ring (bicyclic) bond motifs is 1. The summed E-state index contributed by atoms with van der Waals surface area (Å²) in [5.74, 6) is -0.591. The molecule has 0 bridgehead atoms. The van der Waals surface area contributed by atoms with Crippen LogP contribution in [0.15, 0.2) is 59.5 Å². The number of nitrogens with zero attached hydrogens (tertiary/aromatic N) is 1. The first-order valence-electron chi connectivity index (χ1n) is 11.7. The zero-order chi connectivity index (χ0) is 25.7. The van der Waals surface area contributed by atoms with Crippen LogP contribution in [0.4, 0.5) is 10.7 Å². The molecule has 36 heavy (non-hydrogen) atoms. The molecular formula is C26H28N2O6S2. The number of amides is 1. The van der Waals surface area contributed by atoms with Crippen molar-refractivity contribution in [2.75, 3.05) is 29.9 Å². The molecule has 0 atom stereocenters. The number of hydrogen-bond acceptors (Lipinski definition) is 7. The Kier molecular flexibility index (Phi) is 7.95. The van der Waals surface area contributed by atoms with E-state index < -0.39 is 28.4 Å². The number of methoxy groups -OCH3 is 1. The first kappa shape index (κ1) is 25.7. The zero-order valence-electron chi connectivity index (χ0n) is 20.2. The molecule has 0 aliphatic heterocycles. The molecule has 1 heterocycles. The number of rotatable bonds is 9. The smallest absolute Gasteiger partial charge is 0.341 e. The summed E-state index contributed by atoms with van der Waals surface area (Å²) in [4.78, 5) is 27.1. The van der Waals surface area contributed by atoms with Crippen LogP contribution in [0.5, 0.6) is 5.75 Å². The molecule has 190 valence electrons. The second-order valence-corrected chi connectivity index (χ2v) is 11.2. The Morgan fingerprint density at radius 3 is 2.53 bits per heavy atom. The molecule has 1 amide bonds. The lowest BCUT2D eigenvalue weighted by molar-refractivity contribution is -0.114. The number of nitrogens with one attached hydrogen (secondary N) is 1. The molecule has 1 aliphatic rings. The van der Waals surface area contributed by atoms with Gasteiger partial charge >= 0.3 is 5.97 Å². The van der Waals surface area contributed by atoms with Crippen LogP contribution in [-0.2, 0) is 32.4 Å². The van der Waals surface area contributed by atoms with Crippen molar-refractivity contribution in [3.8, 4) is 5.75 Å². The topological polar surface area (TPSA) is 102 Å². The van der Waals surface area contributed by atoms with Crippen LogP contribution in [0.2, 0.25) is 0 Å². The number of thiophene rings is 1. The molecule has 4 rings (SSSR count). The molecule has 0 unspecified atom stereocenters.